The fourth-order valence-electron chi connectivity index (χ4n) is 2.44. The van der Waals surface area contributed by atoms with E-state index in [-0.39, 0.29) is 0 Å². The zero-order valence-corrected chi connectivity index (χ0v) is 10.2. The molecule has 2 rings (SSSR count). The van der Waals surface area contributed by atoms with Crippen molar-refractivity contribution in [1.82, 2.24) is 10.1 Å². The van der Waals surface area contributed by atoms with Gasteiger partial charge in [0.15, 0.2) is 5.82 Å². The summed E-state index contributed by atoms with van der Waals surface area (Å²) in [7, 11) is 0. The van der Waals surface area contributed by atoms with Crippen molar-refractivity contribution in [2.45, 2.75) is 63.8 Å². The molecule has 0 aliphatic heterocycles. The summed E-state index contributed by atoms with van der Waals surface area (Å²) in [6, 6.07) is 0. The molecule has 1 saturated carbocycles. The number of hydrogen-bond donors (Lipinski definition) is 1. The third-order valence-corrected chi connectivity index (χ3v) is 3.42. The van der Waals surface area contributed by atoms with Crippen LogP contribution in [0.1, 0.15) is 70.0 Å². The van der Waals surface area contributed by atoms with Gasteiger partial charge in [0.05, 0.1) is 5.54 Å². The highest BCUT2D eigenvalue weighted by Crippen LogP contribution is 2.33. The number of hydrogen-bond acceptors (Lipinski definition) is 4. The smallest absolute Gasteiger partial charge is 0.246 e. The Morgan fingerprint density at radius 1 is 1.44 bits per heavy atom. The van der Waals surface area contributed by atoms with Gasteiger partial charge < -0.3 is 10.3 Å². The van der Waals surface area contributed by atoms with Crippen LogP contribution in [0.2, 0.25) is 0 Å². The third kappa shape index (κ3) is 2.26. The van der Waals surface area contributed by atoms with E-state index in [1.165, 1.54) is 25.7 Å². The SMILES string of the molecule is CCCC(C)(N)c1nc(C2CCCC2)no1. The zero-order valence-electron chi connectivity index (χ0n) is 10.2. The molecule has 90 valence electrons. The molecule has 0 radical (unpaired) electrons. The Balaban J connectivity index is 2.12. The Morgan fingerprint density at radius 3 is 2.75 bits per heavy atom. The lowest BCUT2D eigenvalue weighted by atomic mass is 9.97. The van der Waals surface area contributed by atoms with Crippen LogP contribution in [0.4, 0.5) is 0 Å². The van der Waals surface area contributed by atoms with Crippen molar-refractivity contribution in [1.29, 1.82) is 0 Å². The van der Waals surface area contributed by atoms with Crippen molar-refractivity contribution < 1.29 is 4.52 Å². The summed E-state index contributed by atoms with van der Waals surface area (Å²) < 4.78 is 5.31. The van der Waals surface area contributed by atoms with E-state index in [1.807, 2.05) is 6.92 Å². The average Bonchev–Trinajstić information content (AvgIpc) is 2.89. The van der Waals surface area contributed by atoms with Gasteiger partial charge in [-0.3, -0.25) is 0 Å². The molecule has 1 aromatic heterocycles. The van der Waals surface area contributed by atoms with E-state index in [1.54, 1.807) is 0 Å². The zero-order chi connectivity index (χ0) is 11.6. The van der Waals surface area contributed by atoms with Crippen molar-refractivity contribution in [2.24, 2.45) is 5.73 Å². The Kier molecular flexibility index (Phi) is 3.28. The Hall–Kier alpha value is -0.900. The predicted octanol–water partition coefficient (Wildman–Crippen LogP) is 2.70. The first-order valence-electron chi connectivity index (χ1n) is 6.26. The molecule has 4 nitrogen and oxygen atoms in total. The normalized spacial score (nSPS) is 21.2. The number of aromatic nitrogens is 2. The van der Waals surface area contributed by atoms with Gasteiger partial charge in [-0.2, -0.15) is 4.98 Å². The fourth-order valence-corrected chi connectivity index (χ4v) is 2.44. The van der Waals surface area contributed by atoms with Crippen molar-refractivity contribution in [3.63, 3.8) is 0 Å². The van der Waals surface area contributed by atoms with Crippen molar-refractivity contribution >= 4 is 0 Å². The van der Waals surface area contributed by atoms with Gasteiger partial charge in [0.1, 0.15) is 0 Å². The van der Waals surface area contributed by atoms with Crippen LogP contribution in [-0.4, -0.2) is 10.1 Å². The van der Waals surface area contributed by atoms with Crippen LogP contribution < -0.4 is 5.73 Å². The quantitative estimate of drug-likeness (QED) is 0.852. The predicted molar refractivity (Wildman–Crippen MR) is 62.0 cm³/mol. The minimum Gasteiger partial charge on any atom is -0.337 e. The summed E-state index contributed by atoms with van der Waals surface area (Å²) in [4.78, 5) is 4.48. The second-order valence-electron chi connectivity index (χ2n) is 5.11. The van der Waals surface area contributed by atoms with Crippen LogP contribution in [0.3, 0.4) is 0 Å². The lowest BCUT2D eigenvalue weighted by Crippen LogP contribution is -2.33. The lowest BCUT2D eigenvalue weighted by molar-refractivity contribution is 0.281. The highest BCUT2D eigenvalue weighted by atomic mass is 16.5. The molecule has 0 amide bonds. The van der Waals surface area contributed by atoms with E-state index in [0.717, 1.165) is 18.7 Å². The van der Waals surface area contributed by atoms with Crippen LogP contribution in [0.5, 0.6) is 0 Å². The number of rotatable bonds is 4. The van der Waals surface area contributed by atoms with Crippen LogP contribution in [-0.2, 0) is 5.54 Å². The van der Waals surface area contributed by atoms with Crippen LogP contribution in [0, 0.1) is 0 Å². The first kappa shape index (κ1) is 11.6. The molecule has 1 aromatic rings. The summed E-state index contributed by atoms with van der Waals surface area (Å²) in [5.41, 5.74) is 5.69. The minimum absolute atomic E-state index is 0.474. The second-order valence-corrected chi connectivity index (χ2v) is 5.11. The second kappa shape index (κ2) is 4.53. The molecular weight excluding hydrogens is 202 g/mol. The van der Waals surface area contributed by atoms with Crippen LogP contribution >= 0.6 is 0 Å². The third-order valence-electron chi connectivity index (χ3n) is 3.42. The molecule has 0 saturated heterocycles. The molecule has 1 atom stereocenters. The van der Waals surface area contributed by atoms with E-state index in [0.29, 0.717) is 11.8 Å². The van der Waals surface area contributed by atoms with Crippen LogP contribution in [0.25, 0.3) is 0 Å². The van der Waals surface area contributed by atoms with Gasteiger partial charge in [-0.15, -0.1) is 0 Å². The fraction of sp³-hybridized carbons (Fsp3) is 0.833. The Bertz CT molecular complexity index is 340. The number of nitrogens with zero attached hydrogens (tertiary/aromatic N) is 2. The van der Waals surface area contributed by atoms with Crippen molar-refractivity contribution in [2.75, 3.05) is 0 Å². The molecule has 16 heavy (non-hydrogen) atoms. The van der Waals surface area contributed by atoms with Crippen molar-refractivity contribution in [3.05, 3.63) is 11.7 Å². The van der Waals surface area contributed by atoms with Gasteiger partial charge in [-0.05, 0) is 26.2 Å². The van der Waals surface area contributed by atoms with E-state index < -0.39 is 5.54 Å². The van der Waals surface area contributed by atoms with Gasteiger partial charge in [0.25, 0.3) is 0 Å². The summed E-state index contributed by atoms with van der Waals surface area (Å²) in [5, 5.41) is 4.08. The highest BCUT2D eigenvalue weighted by molar-refractivity contribution is 5.04. The van der Waals surface area contributed by atoms with E-state index >= 15 is 0 Å². The largest absolute Gasteiger partial charge is 0.337 e. The molecular formula is C12H21N3O. The van der Waals surface area contributed by atoms with Gasteiger partial charge in [-0.25, -0.2) is 0 Å². The van der Waals surface area contributed by atoms with Gasteiger partial charge in [0, 0.05) is 5.92 Å². The molecule has 0 bridgehead atoms. The molecule has 1 aliphatic rings. The molecule has 0 aromatic carbocycles. The highest BCUT2D eigenvalue weighted by Gasteiger charge is 2.29. The van der Waals surface area contributed by atoms with E-state index in [4.69, 9.17) is 10.3 Å². The summed E-state index contributed by atoms with van der Waals surface area (Å²) in [6.45, 7) is 4.07. The molecule has 4 heteroatoms. The maximum atomic E-state index is 6.16. The first-order chi connectivity index (χ1) is 7.63. The molecule has 2 N–H and O–H groups in total. The van der Waals surface area contributed by atoms with Gasteiger partial charge in [-0.1, -0.05) is 31.3 Å². The van der Waals surface area contributed by atoms with E-state index in [9.17, 15) is 0 Å². The molecule has 1 fully saturated rings. The average molecular weight is 223 g/mol. The monoisotopic (exact) mass is 223 g/mol. The van der Waals surface area contributed by atoms with E-state index in [2.05, 4.69) is 17.1 Å². The minimum atomic E-state index is -0.474. The summed E-state index contributed by atoms with van der Waals surface area (Å²) >= 11 is 0. The topological polar surface area (TPSA) is 64.9 Å². The van der Waals surface area contributed by atoms with Crippen LogP contribution in [0.15, 0.2) is 4.52 Å². The summed E-state index contributed by atoms with van der Waals surface area (Å²) in [5.74, 6) is 1.95. The van der Waals surface area contributed by atoms with Gasteiger partial charge in [0.2, 0.25) is 5.89 Å². The lowest BCUT2D eigenvalue weighted by Gasteiger charge is -2.18. The number of nitrogens with two attached hydrogens (primary N) is 1. The first-order valence-corrected chi connectivity index (χ1v) is 6.26. The molecule has 0 spiro atoms. The van der Waals surface area contributed by atoms with Crippen molar-refractivity contribution in [3.8, 4) is 0 Å². The summed E-state index contributed by atoms with van der Waals surface area (Å²) in [6.07, 6.45) is 6.84. The molecule has 1 heterocycles. The van der Waals surface area contributed by atoms with Gasteiger partial charge >= 0.3 is 0 Å². The maximum Gasteiger partial charge on any atom is 0.246 e. The molecule has 1 unspecified atom stereocenters. The standard InChI is InChI=1S/C12H21N3O/c1-3-8-12(2,13)11-14-10(15-16-11)9-6-4-5-7-9/h9H,3-8,13H2,1-2H3. The Labute approximate surface area is 96.6 Å². The molecule has 1 aliphatic carbocycles. The Morgan fingerprint density at radius 2 is 2.12 bits per heavy atom. The maximum absolute atomic E-state index is 6.16.